The maximum absolute atomic E-state index is 14.9. The van der Waals surface area contributed by atoms with Gasteiger partial charge >= 0.3 is 12.1 Å². The second kappa shape index (κ2) is 8.00. The SMILES string of the molecule is CC(=S)C(N)[C@@H]1CN(c2ccc(N3CCN(c4ccccc4)C3=O)c(F)c2)C(=O)O1. The van der Waals surface area contributed by atoms with Crippen molar-refractivity contribution in [1.29, 1.82) is 0 Å². The van der Waals surface area contributed by atoms with Crippen molar-refractivity contribution >= 4 is 46.3 Å². The molecule has 7 nitrogen and oxygen atoms in total. The quantitative estimate of drug-likeness (QED) is 0.740. The number of para-hydroxylation sites is 1. The first-order chi connectivity index (χ1) is 14.4. The van der Waals surface area contributed by atoms with Gasteiger partial charge < -0.3 is 10.5 Å². The Morgan fingerprint density at radius 2 is 1.80 bits per heavy atom. The summed E-state index contributed by atoms with van der Waals surface area (Å²) < 4.78 is 20.2. The van der Waals surface area contributed by atoms with Crippen LogP contribution in [-0.2, 0) is 4.74 Å². The molecular weight excluding hydrogens is 407 g/mol. The summed E-state index contributed by atoms with van der Waals surface area (Å²) in [7, 11) is 0. The summed E-state index contributed by atoms with van der Waals surface area (Å²) in [4.78, 5) is 29.9. The summed E-state index contributed by atoms with van der Waals surface area (Å²) in [5.41, 5.74) is 7.23. The van der Waals surface area contributed by atoms with Gasteiger partial charge in [0, 0.05) is 23.6 Å². The number of anilines is 3. The van der Waals surface area contributed by atoms with Crippen LogP contribution in [-0.4, -0.2) is 48.8 Å². The fourth-order valence-electron chi connectivity index (χ4n) is 3.63. The van der Waals surface area contributed by atoms with E-state index in [0.717, 1.165) is 5.69 Å². The third kappa shape index (κ3) is 3.61. The third-order valence-electron chi connectivity index (χ3n) is 5.32. The van der Waals surface area contributed by atoms with Gasteiger partial charge in [-0.05, 0) is 37.3 Å². The molecule has 4 rings (SSSR count). The molecule has 0 aromatic heterocycles. The van der Waals surface area contributed by atoms with Crippen LogP contribution < -0.4 is 20.4 Å². The molecule has 2 fully saturated rings. The van der Waals surface area contributed by atoms with E-state index in [2.05, 4.69) is 0 Å². The Hall–Kier alpha value is -3.04. The highest BCUT2D eigenvalue weighted by Gasteiger charge is 2.37. The number of rotatable bonds is 5. The normalized spacial score (nSPS) is 20.0. The molecule has 2 N–H and O–H groups in total. The lowest BCUT2D eigenvalue weighted by Crippen LogP contribution is -2.42. The van der Waals surface area contributed by atoms with E-state index >= 15 is 0 Å². The molecule has 2 aliphatic rings. The zero-order chi connectivity index (χ0) is 21.4. The van der Waals surface area contributed by atoms with Crippen LogP contribution in [0, 0.1) is 5.82 Å². The van der Waals surface area contributed by atoms with Gasteiger partial charge in [0.1, 0.15) is 11.9 Å². The van der Waals surface area contributed by atoms with Gasteiger partial charge in [0.15, 0.2) is 0 Å². The van der Waals surface area contributed by atoms with Crippen molar-refractivity contribution in [3.63, 3.8) is 0 Å². The van der Waals surface area contributed by atoms with E-state index in [1.165, 1.54) is 21.9 Å². The van der Waals surface area contributed by atoms with Crippen molar-refractivity contribution < 1.29 is 18.7 Å². The number of cyclic esters (lactones) is 1. The van der Waals surface area contributed by atoms with Gasteiger partial charge in [0.05, 0.1) is 24.0 Å². The zero-order valence-electron chi connectivity index (χ0n) is 16.3. The minimum absolute atomic E-state index is 0.165. The van der Waals surface area contributed by atoms with Gasteiger partial charge in [-0.15, -0.1) is 0 Å². The maximum atomic E-state index is 14.9. The number of nitrogens with two attached hydrogens (primary N) is 1. The van der Waals surface area contributed by atoms with Gasteiger partial charge in [-0.25, -0.2) is 14.0 Å². The second-order valence-electron chi connectivity index (χ2n) is 7.23. The van der Waals surface area contributed by atoms with E-state index in [1.54, 1.807) is 17.9 Å². The molecule has 9 heteroatoms. The lowest BCUT2D eigenvalue weighted by molar-refractivity contribution is 0.138. The number of benzene rings is 2. The van der Waals surface area contributed by atoms with Gasteiger partial charge in [0.2, 0.25) is 0 Å². The standard InChI is InChI=1S/C21H21FN4O3S/c1-13(30)19(23)18-12-26(21(28)29-18)15-7-8-17(16(22)11-15)25-10-9-24(20(25)27)14-5-3-2-4-6-14/h2-8,11,18-19H,9-10,12,23H2,1H3/t18-,19?/m0/s1. The molecule has 2 saturated heterocycles. The highest BCUT2D eigenvalue weighted by molar-refractivity contribution is 7.80. The predicted octanol–water partition coefficient (Wildman–Crippen LogP) is 3.31. The van der Waals surface area contributed by atoms with Crippen LogP contribution in [0.2, 0.25) is 0 Å². The van der Waals surface area contributed by atoms with Gasteiger partial charge in [-0.2, -0.15) is 0 Å². The number of thiocarbonyl (C=S) groups is 1. The average Bonchev–Trinajstić information content (AvgIpc) is 3.31. The average molecular weight is 428 g/mol. The molecule has 0 spiro atoms. The van der Waals surface area contributed by atoms with E-state index in [0.29, 0.717) is 23.6 Å². The Bertz CT molecular complexity index is 1000. The Morgan fingerprint density at radius 3 is 2.47 bits per heavy atom. The number of hydrogen-bond acceptors (Lipinski definition) is 5. The second-order valence-corrected chi connectivity index (χ2v) is 7.87. The summed E-state index contributed by atoms with van der Waals surface area (Å²) >= 11 is 5.07. The van der Waals surface area contributed by atoms with Gasteiger partial charge in [-0.1, -0.05) is 30.4 Å². The molecule has 2 atom stereocenters. The minimum Gasteiger partial charge on any atom is -0.442 e. The Labute approximate surface area is 178 Å². The monoisotopic (exact) mass is 428 g/mol. The zero-order valence-corrected chi connectivity index (χ0v) is 17.1. The van der Waals surface area contributed by atoms with Crippen LogP contribution in [0.1, 0.15) is 6.92 Å². The van der Waals surface area contributed by atoms with Crippen molar-refractivity contribution in [2.75, 3.05) is 34.3 Å². The molecule has 2 aromatic rings. The van der Waals surface area contributed by atoms with Crippen molar-refractivity contribution in [2.45, 2.75) is 19.1 Å². The molecule has 3 amide bonds. The number of carbonyl (C=O) groups is 2. The first-order valence-corrected chi connectivity index (χ1v) is 9.95. The fourth-order valence-corrected chi connectivity index (χ4v) is 3.79. The van der Waals surface area contributed by atoms with Crippen molar-refractivity contribution in [3.8, 4) is 0 Å². The van der Waals surface area contributed by atoms with Crippen molar-refractivity contribution in [2.24, 2.45) is 5.73 Å². The highest BCUT2D eigenvalue weighted by Crippen LogP contribution is 2.31. The predicted molar refractivity (Wildman–Crippen MR) is 117 cm³/mol. The minimum atomic E-state index is -0.605. The molecule has 0 saturated carbocycles. The molecule has 2 aromatic carbocycles. The number of nitrogens with zero attached hydrogens (tertiary/aromatic N) is 3. The van der Waals surface area contributed by atoms with Gasteiger partial charge in [-0.3, -0.25) is 14.7 Å². The lowest BCUT2D eigenvalue weighted by atomic mass is 10.1. The Kier molecular flexibility index (Phi) is 5.40. The first kappa shape index (κ1) is 20.2. The molecule has 0 radical (unpaired) electrons. The number of carbonyl (C=O) groups excluding carboxylic acids is 2. The van der Waals surface area contributed by atoms with E-state index in [4.69, 9.17) is 22.7 Å². The Balaban J connectivity index is 1.52. The first-order valence-electron chi connectivity index (χ1n) is 9.54. The summed E-state index contributed by atoms with van der Waals surface area (Å²) in [5.74, 6) is -0.595. The van der Waals surface area contributed by atoms with Gasteiger partial charge in [0.25, 0.3) is 0 Å². The summed E-state index contributed by atoms with van der Waals surface area (Å²) in [5, 5.41) is 0. The molecule has 2 aliphatic heterocycles. The summed E-state index contributed by atoms with van der Waals surface area (Å²) in [6, 6.07) is 12.7. The van der Waals surface area contributed by atoms with Crippen LogP contribution in [0.4, 0.5) is 31.0 Å². The number of urea groups is 1. The number of hydrogen-bond donors (Lipinski definition) is 1. The van der Waals surface area contributed by atoms with E-state index in [9.17, 15) is 14.0 Å². The van der Waals surface area contributed by atoms with Crippen molar-refractivity contribution in [3.05, 3.63) is 54.3 Å². The third-order valence-corrected chi connectivity index (χ3v) is 5.59. The molecule has 156 valence electrons. The van der Waals surface area contributed by atoms with Crippen LogP contribution in [0.15, 0.2) is 48.5 Å². The number of amides is 3. The number of halogens is 1. The molecule has 0 bridgehead atoms. The molecule has 1 unspecified atom stereocenters. The highest BCUT2D eigenvalue weighted by atomic mass is 32.1. The smallest absolute Gasteiger partial charge is 0.414 e. The van der Waals surface area contributed by atoms with Crippen LogP contribution in [0.25, 0.3) is 0 Å². The van der Waals surface area contributed by atoms with Crippen LogP contribution in [0.5, 0.6) is 0 Å². The molecule has 30 heavy (non-hydrogen) atoms. The van der Waals surface area contributed by atoms with E-state index in [-0.39, 0.29) is 18.3 Å². The molecule has 2 heterocycles. The summed E-state index contributed by atoms with van der Waals surface area (Å²) in [6.07, 6.45) is -1.19. The fraction of sp³-hybridized carbons (Fsp3) is 0.286. The molecule has 0 aliphatic carbocycles. The molecular formula is C21H21FN4O3S. The van der Waals surface area contributed by atoms with Crippen LogP contribution >= 0.6 is 12.2 Å². The van der Waals surface area contributed by atoms with E-state index in [1.807, 2.05) is 30.3 Å². The van der Waals surface area contributed by atoms with Crippen molar-refractivity contribution in [1.82, 2.24) is 0 Å². The van der Waals surface area contributed by atoms with Crippen LogP contribution in [0.3, 0.4) is 0 Å². The Morgan fingerprint density at radius 1 is 1.10 bits per heavy atom. The maximum Gasteiger partial charge on any atom is 0.414 e. The van der Waals surface area contributed by atoms with E-state index < -0.39 is 24.1 Å². The summed E-state index contributed by atoms with van der Waals surface area (Å²) in [6.45, 7) is 2.69. The number of ether oxygens (including phenoxy) is 1. The lowest BCUT2D eigenvalue weighted by Gasteiger charge is -2.21. The topological polar surface area (TPSA) is 79.1 Å². The largest absolute Gasteiger partial charge is 0.442 e.